The normalized spacial score (nSPS) is 21.9. The van der Waals surface area contributed by atoms with Crippen molar-refractivity contribution in [1.29, 1.82) is 0 Å². The topological polar surface area (TPSA) is 70.5 Å². The number of halogens is 1. The van der Waals surface area contributed by atoms with Crippen LogP contribution in [0.25, 0.3) is 16.9 Å². The van der Waals surface area contributed by atoms with Crippen LogP contribution in [0.5, 0.6) is 0 Å². The van der Waals surface area contributed by atoms with Gasteiger partial charge in [0.25, 0.3) is 11.5 Å². The maximum absolute atomic E-state index is 13.0. The Morgan fingerprint density at radius 1 is 1.19 bits per heavy atom. The summed E-state index contributed by atoms with van der Waals surface area (Å²) < 4.78 is 14.2. The van der Waals surface area contributed by atoms with Crippen LogP contribution in [0.4, 0.5) is 4.39 Å². The number of H-pyrrole nitrogens is 1. The molecule has 0 unspecified atom stereocenters. The number of rotatable bonds is 4. The van der Waals surface area contributed by atoms with Crippen molar-refractivity contribution in [2.45, 2.75) is 51.0 Å². The maximum Gasteiger partial charge on any atom is 0.274 e. The molecule has 1 saturated heterocycles. The van der Waals surface area contributed by atoms with Gasteiger partial charge in [0.15, 0.2) is 5.65 Å². The minimum Gasteiger partial charge on any atom is -0.339 e. The van der Waals surface area contributed by atoms with E-state index in [1.54, 1.807) is 4.90 Å². The molecule has 1 aliphatic carbocycles. The van der Waals surface area contributed by atoms with E-state index >= 15 is 0 Å². The number of hydrogen-bond acceptors (Lipinski definition) is 3. The highest BCUT2D eigenvalue weighted by Crippen LogP contribution is 2.33. The van der Waals surface area contributed by atoms with Crippen LogP contribution >= 0.6 is 0 Å². The van der Waals surface area contributed by atoms with Gasteiger partial charge in [-0.15, -0.1) is 0 Å². The van der Waals surface area contributed by atoms with Crippen LogP contribution in [0.1, 0.15) is 60.9 Å². The zero-order valence-electron chi connectivity index (χ0n) is 17.7. The highest BCUT2D eigenvalue weighted by molar-refractivity contribution is 6.00. The van der Waals surface area contributed by atoms with Crippen molar-refractivity contribution < 1.29 is 9.18 Å². The second-order valence-corrected chi connectivity index (χ2v) is 8.91. The first-order valence-electron chi connectivity index (χ1n) is 11.1. The van der Waals surface area contributed by atoms with Gasteiger partial charge in [0.2, 0.25) is 0 Å². The number of likely N-dealkylation sites (tertiary alicyclic amines) is 1. The maximum atomic E-state index is 13.0. The molecule has 5 rings (SSSR count). The van der Waals surface area contributed by atoms with Crippen molar-refractivity contribution in [3.8, 4) is 11.3 Å². The van der Waals surface area contributed by atoms with Crippen LogP contribution in [0, 0.1) is 5.92 Å². The van der Waals surface area contributed by atoms with E-state index in [0.29, 0.717) is 29.4 Å². The second kappa shape index (κ2) is 7.94. The van der Waals surface area contributed by atoms with Crippen LogP contribution in [0.2, 0.25) is 0 Å². The Morgan fingerprint density at radius 3 is 2.61 bits per heavy atom. The van der Waals surface area contributed by atoms with E-state index in [0.717, 1.165) is 5.56 Å². The Morgan fingerprint density at radius 2 is 1.94 bits per heavy atom. The number of fused-ring (bicyclic) bond motifs is 1. The summed E-state index contributed by atoms with van der Waals surface area (Å²) >= 11 is 0. The third kappa shape index (κ3) is 3.46. The number of aromatic nitrogens is 3. The van der Waals surface area contributed by atoms with Crippen molar-refractivity contribution in [2.24, 2.45) is 5.92 Å². The van der Waals surface area contributed by atoms with Gasteiger partial charge in [0.1, 0.15) is 5.56 Å². The third-order valence-corrected chi connectivity index (χ3v) is 7.09. The van der Waals surface area contributed by atoms with Crippen molar-refractivity contribution in [3.63, 3.8) is 0 Å². The van der Waals surface area contributed by atoms with Gasteiger partial charge in [-0.25, -0.2) is 0 Å². The number of nitrogens with one attached hydrogen (secondary N) is 1. The first kappa shape index (κ1) is 20.0. The van der Waals surface area contributed by atoms with E-state index in [-0.39, 0.29) is 23.4 Å². The lowest BCUT2D eigenvalue weighted by atomic mass is 9.84. The summed E-state index contributed by atoms with van der Waals surface area (Å²) in [5.41, 5.74) is 3.31. The molecule has 2 aliphatic rings. The van der Waals surface area contributed by atoms with Gasteiger partial charge in [0.05, 0.1) is 18.6 Å². The lowest BCUT2D eigenvalue weighted by Gasteiger charge is -2.45. The Balaban J connectivity index is 1.46. The molecule has 2 atom stereocenters. The molecule has 31 heavy (non-hydrogen) atoms. The molecule has 3 aromatic rings. The van der Waals surface area contributed by atoms with Gasteiger partial charge in [-0.1, -0.05) is 43.5 Å². The summed E-state index contributed by atoms with van der Waals surface area (Å²) in [5.74, 6) is 0.269. The molecular weight excluding hydrogens is 395 g/mol. The van der Waals surface area contributed by atoms with Crippen LogP contribution in [-0.4, -0.2) is 44.7 Å². The molecule has 6 nitrogen and oxygen atoms in total. The fraction of sp³-hybridized carbons (Fsp3) is 0.458. The number of carbonyl (C=O) groups is 1. The van der Waals surface area contributed by atoms with Gasteiger partial charge in [-0.3, -0.25) is 14.0 Å². The molecule has 1 amide bonds. The van der Waals surface area contributed by atoms with Crippen molar-refractivity contribution >= 4 is 11.6 Å². The van der Waals surface area contributed by atoms with E-state index in [1.165, 1.54) is 54.4 Å². The smallest absolute Gasteiger partial charge is 0.274 e. The molecular formula is C24H27FN4O2. The zero-order valence-corrected chi connectivity index (χ0v) is 17.7. The predicted molar refractivity (Wildman–Crippen MR) is 117 cm³/mol. The van der Waals surface area contributed by atoms with Gasteiger partial charge in [-0.05, 0) is 36.8 Å². The van der Waals surface area contributed by atoms with E-state index in [2.05, 4.69) is 22.2 Å². The summed E-state index contributed by atoms with van der Waals surface area (Å²) in [6.07, 6.45) is 7.80. The monoisotopic (exact) mass is 422 g/mol. The summed E-state index contributed by atoms with van der Waals surface area (Å²) in [7, 11) is 0. The molecule has 1 aliphatic heterocycles. The number of benzene rings is 1. The fourth-order valence-corrected chi connectivity index (χ4v) is 4.96. The van der Waals surface area contributed by atoms with E-state index < -0.39 is 6.67 Å². The standard InChI is InChI=1S/C24H27FN4O2/c1-15-19(12-25)14-28(15)24(31)20-13-26-29-22(30)11-21(27-23(20)29)18-9-7-17(8-10-18)16-5-3-2-4-6-16/h7-11,13,15-16,19,27H,2-6,12,14H2,1H3/t15-,19-/m1/s1. The molecule has 0 radical (unpaired) electrons. The highest BCUT2D eigenvalue weighted by Gasteiger charge is 2.39. The van der Waals surface area contributed by atoms with Crippen LogP contribution in [0.15, 0.2) is 41.3 Å². The lowest BCUT2D eigenvalue weighted by Crippen LogP contribution is -2.57. The van der Waals surface area contributed by atoms with Crippen LogP contribution in [-0.2, 0) is 0 Å². The third-order valence-electron chi connectivity index (χ3n) is 7.09. The quantitative estimate of drug-likeness (QED) is 0.686. The Bertz CT molecular complexity index is 1160. The number of aromatic amines is 1. The number of alkyl halides is 1. The minimum atomic E-state index is -0.433. The average Bonchev–Trinajstić information content (AvgIpc) is 3.24. The molecule has 3 heterocycles. The molecule has 1 N–H and O–H groups in total. The van der Waals surface area contributed by atoms with Crippen molar-refractivity contribution in [1.82, 2.24) is 19.5 Å². The zero-order chi connectivity index (χ0) is 21.5. The minimum absolute atomic E-state index is 0.122. The Kier molecular flexibility index (Phi) is 5.12. The molecule has 0 spiro atoms. The SMILES string of the molecule is C[C@@H]1[C@H](CF)CN1C(=O)c1cnn2c(=O)cc(-c3ccc(C4CCCCC4)cc3)[nH]c12. The van der Waals surface area contributed by atoms with E-state index in [4.69, 9.17) is 0 Å². The lowest BCUT2D eigenvalue weighted by molar-refractivity contribution is 0.0141. The molecule has 162 valence electrons. The average molecular weight is 423 g/mol. The van der Waals surface area contributed by atoms with Gasteiger partial charge < -0.3 is 9.88 Å². The number of amides is 1. The van der Waals surface area contributed by atoms with E-state index in [9.17, 15) is 14.0 Å². The van der Waals surface area contributed by atoms with Gasteiger partial charge in [-0.2, -0.15) is 9.61 Å². The molecule has 2 aromatic heterocycles. The molecule has 7 heteroatoms. The number of nitrogens with zero attached hydrogens (tertiary/aromatic N) is 3. The first-order valence-corrected chi connectivity index (χ1v) is 11.1. The summed E-state index contributed by atoms with van der Waals surface area (Å²) in [4.78, 5) is 30.5. The predicted octanol–water partition coefficient (Wildman–Crippen LogP) is 4.17. The molecule has 1 aromatic carbocycles. The Hall–Kier alpha value is -2.96. The molecule has 2 fully saturated rings. The summed E-state index contributed by atoms with van der Waals surface area (Å²) in [6.45, 7) is 1.80. The van der Waals surface area contributed by atoms with Crippen LogP contribution < -0.4 is 5.56 Å². The van der Waals surface area contributed by atoms with Gasteiger partial charge >= 0.3 is 0 Å². The van der Waals surface area contributed by atoms with Crippen molar-refractivity contribution in [3.05, 3.63) is 58.0 Å². The Labute approximate surface area is 180 Å². The summed E-state index contributed by atoms with van der Waals surface area (Å²) in [6, 6.07) is 9.72. The largest absolute Gasteiger partial charge is 0.339 e. The van der Waals surface area contributed by atoms with Crippen molar-refractivity contribution in [2.75, 3.05) is 13.2 Å². The van der Waals surface area contributed by atoms with Crippen LogP contribution in [0.3, 0.4) is 0 Å². The van der Waals surface area contributed by atoms with Gasteiger partial charge in [0, 0.05) is 24.6 Å². The molecule has 0 bridgehead atoms. The fourth-order valence-electron chi connectivity index (χ4n) is 4.96. The highest BCUT2D eigenvalue weighted by atomic mass is 19.1. The summed E-state index contributed by atoms with van der Waals surface area (Å²) in [5, 5.41) is 4.11. The number of carbonyl (C=O) groups excluding carboxylic acids is 1. The molecule has 1 saturated carbocycles. The first-order chi connectivity index (χ1) is 15.1. The number of hydrogen-bond donors (Lipinski definition) is 1. The van der Waals surface area contributed by atoms with E-state index in [1.807, 2.05) is 19.1 Å². The second-order valence-electron chi connectivity index (χ2n) is 8.91.